The quantitative estimate of drug-likeness (QED) is 0.682. The zero-order valence-corrected chi connectivity index (χ0v) is 18.3. The maximum Gasteiger partial charge on any atom is 0.237 e. The third kappa shape index (κ3) is 5.62. The largest absolute Gasteiger partial charge is 0.369 e. The van der Waals surface area contributed by atoms with Crippen LogP contribution in [0.2, 0.25) is 0 Å². The molecule has 0 aromatic heterocycles. The molecular weight excluding hydrogens is 417 g/mol. The molecule has 2 aromatic carbocycles. The lowest BCUT2D eigenvalue weighted by molar-refractivity contribution is -0.135. The van der Waals surface area contributed by atoms with Gasteiger partial charge in [-0.25, -0.2) is 12.8 Å². The molecule has 31 heavy (non-hydrogen) atoms. The number of hydrogen-bond acceptors (Lipinski definition) is 5. The average Bonchev–Trinajstić information content (AvgIpc) is 3.13. The molecule has 1 amide bonds. The van der Waals surface area contributed by atoms with Gasteiger partial charge in [-0.2, -0.15) is 0 Å². The number of sulfone groups is 1. The van der Waals surface area contributed by atoms with Gasteiger partial charge in [0.25, 0.3) is 0 Å². The van der Waals surface area contributed by atoms with Gasteiger partial charge in [0.2, 0.25) is 5.91 Å². The fourth-order valence-corrected chi connectivity index (χ4v) is 6.05. The molecule has 1 atom stereocenters. The first-order valence-corrected chi connectivity index (χ1v) is 12.5. The molecule has 0 aliphatic carbocycles. The Hall–Kier alpha value is -2.45. The van der Waals surface area contributed by atoms with E-state index in [1.54, 1.807) is 17.0 Å². The van der Waals surface area contributed by atoms with Crippen molar-refractivity contribution in [2.24, 2.45) is 0 Å². The molecule has 8 heteroatoms. The van der Waals surface area contributed by atoms with Gasteiger partial charge >= 0.3 is 0 Å². The van der Waals surface area contributed by atoms with Crippen LogP contribution in [0, 0.1) is 5.82 Å². The van der Waals surface area contributed by atoms with Crippen LogP contribution < -0.4 is 4.90 Å². The first kappa shape index (κ1) is 21.8. The first-order chi connectivity index (χ1) is 14.9. The minimum Gasteiger partial charge on any atom is -0.369 e. The molecule has 4 rings (SSSR count). The number of carbonyl (C=O) groups is 1. The van der Waals surface area contributed by atoms with Gasteiger partial charge < -0.3 is 9.80 Å². The minimum atomic E-state index is -3.08. The summed E-state index contributed by atoms with van der Waals surface area (Å²) >= 11 is 0. The minimum absolute atomic E-state index is 0.0267. The Morgan fingerprint density at radius 3 is 2.29 bits per heavy atom. The van der Waals surface area contributed by atoms with Crippen molar-refractivity contribution in [1.82, 2.24) is 9.80 Å². The molecule has 1 unspecified atom stereocenters. The molecule has 2 heterocycles. The normalized spacial score (nSPS) is 21.2. The highest BCUT2D eigenvalue weighted by Gasteiger charge is 2.35. The fourth-order valence-electron chi connectivity index (χ4n) is 4.32. The van der Waals surface area contributed by atoms with Crippen molar-refractivity contribution in [3.05, 3.63) is 66.0 Å². The number of halogens is 1. The monoisotopic (exact) mass is 445 g/mol. The lowest BCUT2D eigenvalue weighted by Gasteiger charge is -2.37. The van der Waals surface area contributed by atoms with E-state index in [-0.39, 0.29) is 35.8 Å². The Morgan fingerprint density at radius 2 is 1.68 bits per heavy atom. The van der Waals surface area contributed by atoms with Crippen molar-refractivity contribution in [2.45, 2.75) is 19.0 Å². The number of benzene rings is 2. The van der Waals surface area contributed by atoms with E-state index in [1.165, 1.54) is 12.1 Å². The molecule has 0 saturated carbocycles. The Bertz CT molecular complexity index is 990. The van der Waals surface area contributed by atoms with Crippen LogP contribution in [0.4, 0.5) is 10.1 Å². The molecule has 0 bridgehead atoms. The number of amides is 1. The molecule has 2 saturated heterocycles. The maximum atomic E-state index is 13.2. The van der Waals surface area contributed by atoms with Crippen LogP contribution in [0.3, 0.4) is 0 Å². The van der Waals surface area contributed by atoms with E-state index in [9.17, 15) is 17.6 Å². The van der Waals surface area contributed by atoms with Gasteiger partial charge in [-0.05, 0) is 36.2 Å². The van der Waals surface area contributed by atoms with Crippen LogP contribution in [0.5, 0.6) is 0 Å². The third-order valence-corrected chi connectivity index (χ3v) is 7.84. The molecule has 166 valence electrons. The molecule has 2 aromatic rings. The van der Waals surface area contributed by atoms with Crippen molar-refractivity contribution in [3.8, 4) is 0 Å². The van der Waals surface area contributed by atoms with E-state index in [0.29, 0.717) is 13.0 Å². The molecule has 2 aliphatic heterocycles. The van der Waals surface area contributed by atoms with E-state index in [4.69, 9.17) is 0 Å². The van der Waals surface area contributed by atoms with E-state index >= 15 is 0 Å². The summed E-state index contributed by atoms with van der Waals surface area (Å²) in [6.07, 6.45) is 0.499. The van der Waals surface area contributed by atoms with Gasteiger partial charge in [0, 0.05) is 44.5 Å². The Labute approximate surface area is 183 Å². The summed E-state index contributed by atoms with van der Waals surface area (Å²) in [6, 6.07) is 15.9. The van der Waals surface area contributed by atoms with Gasteiger partial charge in [-0.3, -0.25) is 9.69 Å². The van der Waals surface area contributed by atoms with E-state index in [0.717, 1.165) is 37.4 Å². The summed E-state index contributed by atoms with van der Waals surface area (Å²) < 4.78 is 37.2. The van der Waals surface area contributed by atoms with Gasteiger partial charge in [0.1, 0.15) is 5.82 Å². The number of nitrogens with zero attached hydrogens (tertiary/aromatic N) is 3. The van der Waals surface area contributed by atoms with Crippen molar-refractivity contribution in [2.75, 3.05) is 49.1 Å². The van der Waals surface area contributed by atoms with Crippen LogP contribution in [-0.2, 0) is 21.2 Å². The second-order valence-electron chi connectivity index (χ2n) is 8.30. The summed E-state index contributed by atoms with van der Waals surface area (Å²) in [7, 11) is -3.08. The molecule has 2 aliphatic rings. The van der Waals surface area contributed by atoms with Crippen LogP contribution in [0.25, 0.3) is 0 Å². The Kier molecular flexibility index (Phi) is 6.57. The highest BCUT2D eigenvalue weighted by molar-refractivity contribution is 7.91. The predicted molar refractivity (Wildman–Crippen MR) is 119 cm³/mol. The highest BCUT2D eigenvalue weighted by atomic mass is 32.2. The lowest BCUT2D eigenvalue weighted by Crippen LogP contribution is -2.51. The highest BCUT2D eigenvalue weighted by Crippen LogP contribution is 2.21. The van der Waals surface area contributed by atoms with Gasteiger partial charge in [-0.15, -0.1) is 0 Å². The van der Waals surface area contributed by atoms with Crippen LogP contribution in [0.1, 0.15) is 12.0 Å². The molecule has 6 nitrogen and oxygen atoms in total. The van der Waals surface area contributed by atoms with Crippen LogP contribution >= 0.6 is 0 Å². The zero-order valence-electron chi connectivity index (χ0n) is 17.5. The summed E-state index contributed by atoms with van der Waals surface area (Å²) in [4.78, 5) is 19.3. The fraction of sp³-hybridized carbons (Fsp3) is 0.435. The summed E-state index contributed by atoms with van der Waals surface area (Å²) in [5.41, 5.74) is 1.98. The number of piperazine rings is 1. The second-order valence-corrected chi connectivity index (χ2v) is 10.5. The average molecular weight is 446 g/mol. The standard InChI is InChI=1S/C23H28FN3O3S/c24-20-6-8-21(9-7-20)26-13-11-25(12-14-26)17-23(28)27(16-19-4-2-1-3-5-19)22-10-15-31(29,30)18-22/h1-9,22H,10-18H2. The molecule has 0 spiro atoms. The van der Waals surface area contributed by atoms with Crippen molar-refractivity contribution >= 4 is 21.4 Å². The van der Waals surface area contributed by atoms with Crippen molar-refractivity contribution in [1.29, 1.82) is 0 Å². The third-order valence-electron chi connectivity index (χ3n) is 6.09. The molecule has 2 fully saturated rings. The predicted octanol–water partition coefficient (Wildman–Crippen LogP) is 2.16. The summed E-state index contributed by atoms with van der Waals surface area (Å²) in [5, 5.41) is 0. The van der Waals surface area contributed by atoms with Crippen LogP contribution in [0.15, 0.2) is 54.6 Å². The summed E-state index contributed by atoms with van der Waals surface area (Å²) in [6.45, 7) is 3.68. The van der Waals surface area contributed by atoms with E-state index < -0.39 is 9.84 Å². The number of hydrogen-bond donors (Lipinski definition) is 0. The first-order valence-electron chi connectivity index (χ1n) is 10.7. The Morgan fingerprint density at radius 1 is 1.00 bits per heavy atom. The number of rotatable bonds is 6. The molecular formula is C23H28FN3O3S. The van der Waals surface area contributed by atoms with Gasteiger partial charge in [-0.1, -0.05) is 30.3 Å². The SMILES string of the molecule is O=C(CN1CCN(c2ccc(F)cc2)CC1)N(Cc1ccccc1)C1CCS(=O)(=O)C1. The zero-order chi connectivity index (χ0) is 21.8. The van der Waals surface area contributed by atoms with E-state index in [1.807, 2.05) is 30.3 Å². The van der Waals surface area contributed by atoms with Gasteiger partial charge in [0.05, 0.1) is 18.1 Å². The number of anilines is 1. The van der Waals surface area contributed by atoms with E-state index in [2.05, 4.69) is 9.80 Å². The molecule has 0 radical (unpaired) electrons. The van der Waals surface area contributed by atoms with Crippen molar-refractivity contribution in [3.63, 3.8) is 0 Å². The lowest BCUT2D eigenvalue weighted by atomic mass is 10.1. The maximum absolute atomic E-state index is 13.2. The topological polar surface area (TPSA) is 60.9 Å². The van der Waals surface area contributed by atoms with Crippen LogP contribution in [-0.4, -0.2) is 74.4 Å². The van der Waals surface area contributed by atoms with Gasteiger partial charge in [0.15, 0.2) is 9.84 Å². The molecule has 0 N–H and O–H groups in total. The number of carbonyl (C=O) groups excluding carboxylic acids is 1. The van der Waals surface area contributed by atoms with Crippen molar-refractivity contribution < 1.29 is 17.6 Å². The smallest absolute Gasteiger partial charge is 0.237 e. The Balaban J connectivity index is 1.38. The second kappa shape index (κ2) is 9.36. The summed E-state index contributed by atoms with van der Waals surface area (Å²) in [5.74, 6) is -0.0853.